The van der Waals surface area contributed by atoms with Crippen LogP contribution in [-0.4, -0.2) is 35.8 Å². The maximum Gasteiger partial charge on any atom is 0.287 e. The molecule has 1 fully saturated rings. The summed E-state index contributed by atoms with van der Waals surface area (Å²) in [4.78, 5) is 27.8. The second-order valence-electron chi connectivity index (χ2n) is 8.21. The van der Waals surface area contributed by atoms with Crippen LogP contribution in [-0.2, 0) is 10.5 Å². The van der Waals surface area contributed by atoms with Gasteiger partial charge in [-0.25, -0.2) is 0 Å². The SMILES string of the molecule is CCC(CC)C(=O)N1CCC(NC(=O)c2oc3ccccc3c2CSc2cccs2)CC1. The quantitative estimate of drug-likeness (QED) is 0.414. The van der Waals surface area contributed by atoms with Gasteiger partial charge < -0.3 is 14.6 Å². The van der Waals surface area contributed by atoms with Crippen LogP contribution >= 0.6 is 23.1 Å². The maximum atomic E-state index is 13.2. The summed E-state index contributed by atoms with van der Waals surface area (Å²) >= 11 is 3.42. The van der Waals surface area contributed by atoms with Crippen molar-refractivity contribution >= 4 is 45.9 Å². The van der Waals surface area contributed by atoms with E-state index in [2.05, 4.69) is 30.6 Å². The molecule has 4 rings (SSSR count). The normalized spacial score (nSPS) is 14.9. The van der Waals surface area contributed by atoms with E-state index in [9.17, 15) is 9.59 Å². The van der Waals surface area contributed by atoms with Crippen molar-refractivity contribution in [3.63, 3.8) is 0 Å². The van der Waals surface area contributed by atoms with Gasteiger partial charge in [0, 0.05) is 41.8 Å². The van der Waals surface area contributed by atoms with Crippen molar-refractivity contribution in [1.82, 2.24) is 10.2 Å². The molecule has 0 bridgehead atoms. The average Bonchev–Trinajstić information content (AvgIpc) is 3.46. The molecule has 3 heterocycles. The zero-order chi connectivity index (χ0) is 22.5. The summed E-state index contributed by atoms with van der Waals surface area (Å²) in [6.07, 6.45) is 3.31. The summed E-state index contributed by atoms with van der Waals surface area (Å²) < 4.78 is 7.22. The lowest BCUT2D eigenvalue weighted by molar-refractivity contribution is -0.136. The summed E-state index contributed by atoms with van der Waals surface area (Å²) in [6.45, 7) is 5.53. The number of furan rings is 1. The highest BCUT2D eigenvalue weighted by molar-refractivity contribution is 8.00. The summed E-state index contributed by atoms with van der Waals surface area (Å²) in [5, 5.41) is 6.22. The number of benzene rings is 1. The van der Waals surface area contributed by atoms with Crippen LogP contribution in [0.15, 0.2) is 50.4 Å². The minimum atomic E-state index is -0.159. The molecule has 2 amide bonds. The Balaban J connectivity index is 1.43. The highest BCUT2D eigenvalue weighted by Gasteiger charge is 2.29. The number of thiophene rings is 1. The Kier molecular flexibility index (Phi) is 7.58. The fourth-order valence-corrected chi connectivity index (χ4v) is 6.12. The van der Waals surface area contributed by atoms with Gasteiger partial charge in [0.05, 0.1) is 4.21 Å². The zero-order valence-corrected chi connectivity index (χ0v) is 20.3. The highest BCUT2D eigenvalue weighted by atomic mass is 32.2. The topological polar surface area (TPSA) is 62.6 Å². The fourth-order valence-electron chi connectivity index (χ4n) is 4.31. The number of nitrogens with zero attached hydrogens (tertiary/aromatic N) is 1. The molecule has 32 heavy (non-hydrogen) atoms. The second kappa shape index (κ2) is 10.6. The van der Waals surface area contributed by atoms with E-state index in [4.69, 9.17) is 4.42 Å². The molecular weight excluding hydrogens is 440 g/mol. The van der Waals surface area contributed by atoms with Gasteiger partial charge in [-0.2, -0.15) is 0 Å². The summed E-state index contributed by atoms with van der Waals surface area (Å²) in [6, 6.07) is 12.0. The van der Waals surface area contributed by atoms with Crippen molar-refractivity contribution in [2.45, 2.75) is 55.5 Å². The van der Waals surface area contributed by atoms with Gasteiger partial charge >= 0.3 is 0 Å². The number of para-hydroxylation sites is 1. The number of hydrogen-bond donors (Lipinski definition) is 1. The lowest BCUT2D eigenvalue weighted by atomic mass is 9.98. The predicted octanol–water partition coefficient (Wildman–Crippen LogP) is 5.94. The van der Waals surface area contributed by atoms with Gasteiger partial charge in [0.25, 0.3) is 5.91 Å². The first kappa shape index (κ1) is 22.9. The van der Waals surface area contributed by atoms with Crippen LogP contribution < -0.4 is 5.32 Å². The van der Waals surface area contributed by atoms with Crippen molar-refractivity contribution in [3.05, 3.63) is 53.1 Å². The molecule has 7 heteroatoms. The predicted molar refractivity (Wildman–Crippen MR) is 131 cm³/mol. The molecular formula is C25H30N2O3S2. The Morgan fingerprint density at radius 2 is 1.91 bits per heavy atom. The third-order valence-electron chi connectivity index (χ3n) is 6.24. The second-order valence-corrected chi connectivity index (χ2v) is 10.4. The van der Waals surface area contributed by atoms with Crippen molar-refractivity contribution in [3.8, 4) is 0 Å². The van der Waals surface area contributed by atoms with Gasteiger partial charge in [-0.05, 0) is 43.2 Å². The molecule has 2 aromatic heterocycles. The minimum absolute atomic E-state index is 0.0549. The zero-order valence-electron chi connectivity index (χ0n) is 18.6. The van der Waals surface area contributed by atoms with Crippen LogP contribution in [0.1, 0.15) is 55.6 Å². The number of fused-ring (bicyclic) bond motifs is 1. The van der Waals surface area contributed by atoms with Crippen LogP contribution in [0.5, 0.6) is 0 Å². The van der Waals surface area contributed by atoms with Crippen molar-refractivity contribution in [1.29, 1.82) is 0 Å². The van der Waals surface area contributed by atoms with Crippen molar-refractivity contribution in [2.24, 2.45) is 5.92 Å². The van der Waals surface area contributed by atoms with Gasteiger partial charge in [-0.3, -0.25) is 9.59 Å². The Bertz CT molecular complexity index is 1050. The van der Waals surface area contributed by atoms with Gasteiger partial charge in [0.1, 0.15) is 5.58 Å². The number of carbonyl (C=O) groups excluding carboxylic acids is 2. The standard InChI is InChI=1S/C25H30N2O3S2/c1-3-17(4-2)25(29)27-13-11-18(12-14-27)26-24(28)23-20(16-32-22-10-7-15-31-22)19-8-5-6-9-21(19)30-23/h5-10,15,17-18H,3-4,11-14,16H2,1-2H3,(H,26,28). The first-order chi connectivity index (χ1) is 15.6. The van der Waals surface area contributed by atoms with E-state index in [0.29, 0.717) is 24.6 Å². The molecule has 0 unspecified atom stereocenters. The number of amides is 2. The number of nitrogens with one attached hydrogen (secondary N) is 1. The molecule has 170 valence electrons. The summed E-state index contributed by atoms with van der Waals surface area (Å²) in [5.41, 5.74) is 1.68. The van der Waals surface area contributed by atoms with Crippen molar-refractivity contribution in [2.75, 3.05) is 13.1 Å². The molecule has 1 saturated heterocycles. The van der Waals surface area contributed by atoms with Gasteiger partial charge in [0.2, 0.25) is 5.91 Å². The summed E-state index contributed by atoms with van der Waals surface area (Å²) in [7, 11) is 0. The van der Waals surface area contributed by atoms with Crippen LogP contribution in [0.4, 0.5) is 0 Å². The highest BCUT2D eigenvalue weighted by Crippen LogP contribution is 2.34. The number of thioether (sulfide) groups is 1. The van der Waals surface area contributed by atoms with E-state index in [-0.39, 0.29) is 23.8 Å². The van der Waals surface area contributed by atoms with Crippen LogP contribution in [0.2, 0.25) is 0 Å². The third kappa shape index (κ3) is 5.04. The Morgan fingerprint density at radius 3 is 2.59 bits per heavy atom. The van der Waals surface area contributed by atoms with E-state index >= 15 is 0 Å². The summed E-state index contributed by atoms with van der Waals surface area (Å²) in [5.74, 6) is 1.30. The number of likely N-dealkylation sites (tertiary alicyclic amines) is 1. The smallest absolute Gasteiger partial charge is 0.287 e. The van der Waals surface area contributed by atoms with Crippen LogP contribution in [0.3, 0.4) is 0 Å². The molecule has 1 aliphatic heterocycles. The fraction of sp³-hybridized carbons (Fsp3) is 0.440. The molecule has 0 radical (unpaired) electrons. The molecule has 0 spiro atoms. The molecule has 0 atom stereocenters. The van der Waals surface area contributed by atoms with Crippen molar-refractivity contribution < 1.29 is 14.0 Å². The largest absolute Gasteiger partial charge is 0.451 e. The Labute approximate surface area is 197 Å². The van der Waals surface area contributed by atoms with E-state index in [1.54, 1.807) is 23.1 Å². The lowest BCUT2D eigenvalue weighted by Gasteiger charge is -2.34. The average molecular weight is 471 g/mol. The lowest BCUT2D eigenvalue weighted by Crippen LogP contribution is -2.48. The molecule has 3 aromatic rings. The Hall–Kier alpha value is -2.25. The number of piperidine rings is 1. The molecule has 5 nitrogen and oxygen atoms in total. The molecule has 1 N–H and O–H groups in total. The monoisotopic (exact) mass is 470 g/mol. The van der Waals surface area contributed by atoms with Crippen LogP contribution in [0.25, 0.3) is 11.0 Å². The molecule has 0 saturated carbocycles. The van der Waals surface area contributed by atoms with Gasteiger partial charge in [0.15, 0.2) is 5.76 Å². The molecule has 0 aliphatic carbocycles. The number of rotatable bonds is 8. The number of carbonyl (C=O) groups is 2. The van der Waals surface area contributed by atoms with E-state index in [1.165, 1.54) is 4.21 Å². The van der Waals surface area contributed by atoms with E-state index in [1.807, 2.05) is 35.2 Å². The first-order valence-electron chi connectivity index (χ1n) is 11.4. The Morgan fingerprint density at radius 1 is 1.16 bits per heavy atom. The third-order valence-corrected chi connectivity index (χ3v) is 8.39. The minimum Gasteiger partial charge on any atom is -0.451 e. The van der Waals surface area contributed by atoms with Gasteiger partial charge in [-0.15, -0.1) is 23.1 Å². The molecule has 1 aliphatic rings. The first-order valence-corrected chi connectivity index (χ1v) is 13.2. The van der Waals surface area contributed by atoms with Gasteiger partial charge in [-0.1, -0.05) is 38.1 Å². The molecule has 1 aromatic carbocycles. The van der Waals surface area contributed by atoms with E-state index < -0.39 is 0 Å². The van der Waals surface area contributed by atoms with E-state index in [0.717, 1.165) is 42.2 Å². The maximum absolute atomic E-state index is 13.2. The van der Waals surface area contributed by atoms with Crippen LogP contribution in [0, 0.1) is 5.92 Å². The number of hydrogen-bond acceptors (Lipinski definition) is 5.